The fourth-order valence-corrected chi connectivity index (χ4v) is 3.31. The average molecular weight is 303 g/mol. The maximum atomic E-state index is 12.0. The predicted octanol–water partition coefficient (Wildman–Crippen LogP) is 1.96. The highest BCUT2D eigenvalue weighted by Crippen LogP contribution is 2.23. The third-order valence-electron chi connectivity index (χ3n) is 3.58. The van der Waals surface area contributed by atoms with E-state index in [-0.39, 0.29) is 16.9 Å². The maximum absolute atomic E-state index is 12.0. The van der Waals surface area contributed by atoms with Crippen LogP contribution in [0.2, 0.25) is 0 Å². The van der Waals surface area contributed by atoms with Gasteiger partial charge in [0.25, 0.3) is 0 Å². The third kappa shape index (κ3) is 3.26. The number of nitrogens with zero attached hydrogens (tertiary/aromatic N) is 3. The predicted molar refractivity (Wildman–Crippen MR) is 81.9 cm³/mol. The molecule has 1 aliphatic rings. The monoisotopic (exact) mass is 303 g/mol. The number of fused-ring (bicyclic) bond motifs is 1. The van der Waals surface area contributed by atoms with Crippen molar-refractivity contribution < 1.29 is 9.59 Å². The third-order valence-corrected chi connectivity index (χ3v) is 4.63. The largest absolute Gasteiger partial charge is 0.336 e. The lowest BCUT2D eigenvalue weighted by atomic mass is 10.1. The first-order valence-electron chi connectivity index (χ1n) is 6.95. The van der Waals surface area contributed by atoms with Gasteiger partial charge in [-0.05, 0) is 18.1 Å². The molecule has 0 radical (unpaired) electrons. The first kappa shape index (κ1) is 14.1. The molecule has 2 aromatic rings. The van der Waals surface area contributed by atoms with Gasteiger partial charge in [-0.15, -0.1) is 0 Å². The van der Waals surface area contributed by atoms with Gasteiger partial charge in [0.05, 0.1) is 12.2 Å². The summed E-state index contributed by atoms with van der Waals surface area (Å²) in [6, 6.07) is 5.85. The van der Waals surface area contributed by atoms with Crippen molar-refractivity contribution in [2.24, 2.45) is 5.92 Å². The summed E-state index contributed by atoms with van der Waals surface area (Å²) < 4.78 is 1.96. The van der Waals surface area contributed by atoms with Crippen LogP contribution in [0.4, 0.5) is 0 Å². The molecular formula is C15H17N3O2S. The number of amides is 1. The number of hydrogen-bond donors (Lipinski definition) is 0. The molecule has 6 heteroatoms. The van der Waals surface area contributed by atoms with Gasteiger partial charge in [-0.2, -0.15) is 0 Å². The van der Waals surface area contributed by atoms with Crippen LogP contribution >= 0.6 is 11.8 Å². The van der Waals surface area contributed by atoms with Crippen LogP contribution in [0.25, 0.3) is 5.65 Å². The molecule has 3 rings (SSSR count). The van der Waals surface area contributed by atoms with Gasteiger partial charge >= 0.3 is 0 Å². The van der Waals surface area contributed by atoms with E-state index in [4.69, 9.17) is 0 Å². The lowest BCUT2D eigenvalue weighted by Gasteiger charge is -2.14. The molecule has 0 aromatic carbocycles. The van der Waals surface area contributed by atoms with E-state index in [2.05, 4.69) is 4.98 Å². The van der Waals surface area contributed by atoms with Gasteiger partial charge in [0, 0.05) is 38.0 Å². The molecule has 21 heavy (non-hydrogen) atoms. The number of imidazole rings is 1. The Bertz CT molecular complexity index is 649. The Morgan fingerprint density at radius 2 is 2.33 bits per heavy atom. The van der Waals surface area contributed by atoms with Gasteiger partial charge in [0.1, 0.15) is 5.65 Å². The van der Waals surface area contributed by atoms with E-state index in [1.54, 1.807) is 6.92 Å². The van der Waals surface area contributed by atoms with Gasteiger partial charge < -0.3 is 9.30 Å². The molecule has 110 valence electrons. The van der Waals surface area contributed by atoms with E-state index >= 15 is 0 Å². The first-order chi connectivity index (χ1) is 10.1. The van der Waals surface area contributed by atoms with Crippen LogP contribution in [0.1, 0.15) is 19.0 Å². The van der Waals surface area contributed by atoms with Crippen LogP contribution in [0.15, 0.2) is 30.6 Å². The Labute approximate surface area is 127 Å². The summed E-state index contributed by atoms with van der Waals surface area (Å²) in [4.78, 5) is 29.4. The fourth-order valence-electron chi connectivity index (χ4n) is 2.61. The molecule has 0 saturated carbocycles. The smallest absolute Gasteiger partial charge is 0.223 e. The Morgan fingerprint density at radius 3 is 3.10 bits per heavy atom. The summed E-state index contributed by atoms with van der Waals surface area (Å²) in [7, 11) is 0. The second-order valence-electron chi connectivity index (χ2n) is 5.35. The van der Waals surface area contributed by atoms with Crippen molar-refractivity contribution in [1.29, 1.82) is 0 Å². The number of carbonyl (C=O) groups is 2. The zero-order valence-corrected chi connectivity index (χ0v) is 12.7. The van der Waals surface area contributed by atoms with Gasteiger partial charge in [-0.3, -0.25) is 9.59 Å². The summed E-state index contributed by atoms with van der Waals surface area (Å²) in [5.41, 5.74) is 1.79. The Kier molecular flexibility index (Phi) is 3.96. The summed E-state index contributed by atoms with van der Waals surface area (Å²) in [5, 5.41) is 0.112. The van der Waals surface area contributed by atoms with Crippen LogP contribution in [0.5, 0.6) is 0 Å². The van der Waals surface area contributed by atoms with E-state index in [1.165, 1.54) is 11.8 Å². The van der Waals surface area contributed by atoms with Gasteiger partial charge in [-0.25, -0.2) is 4.98 Å². The molecule has 2 aromatic heterocycles. The van der Waals surface area contributed by atoms with Crippen molar-refractivity contribution in [2.45, 2.75) is 19.9 Å². The number of likely N-dealkylation sites (tertiary alicyclic amines) is 1. The number of pyridine rings is 1. The topological polar surface area (TPSA) is 54.7 Å². The maximum Gasteiger partial charge on any atom is 0.223 e. The number of carbonyl (C=O) groups excluding carboxylic acids is 2. The minimum atomic E-state index is 0.112. The van der Waals surface area contributed by atoms with Crippen LogP contribution < -0.4 is 0 Å². The highest BCUT2D eigenvalue weighted by Gasteiger charge is 2.30. The number of thioether (sulfide) groups is 1. The first-order valence-corrected chi connectivity index (χ1v) is 7.94. The number of rotatable bonds is 4. The van der Waals surface area contributed by atoms with Gasteiger partial charge in [0.2, 0.25) is 5.91 Å². The number of hydrogen-bond acceptors (Lipinski definition) is 4. The van der Waals surface area contributed by atoms with E-state index in [9.17, 15) is 9.59 Å². The average Bonchev–Trinajstić information content (AvgIpc) is 3.00. The highest BCUT2D eigenvalue weighted by atomic mass is 32.2. The van der Waals surface area contributed by atoms with E-state index in [1.807, 2.05) is 39.9 Å². The molecule has 1 fully saturated rings. The zero-order chi connectivity index (χ0) is 14.8. The normalized spacial score (nSPS) is 18.6. The van der Waals surface area contributed by atoms with Crippen molar-refractivity contribution >= 4 is 28.4 Å². The Morgan fingerprint density at radius 1 is 1.48 bits per heavy atom. The minimum Gasteiger partial charge on any atom is -0.336 e. The molecule has 1 aliphatic heterocycles. The summed E-state index contributed by atoms with van der Waals surface area (Å²) in [5.74, 6) is 1.15. The zero-order valence-electron chi connectivity index (χ0n) is 11.9. The second-order valence-corrected chi connectivity index (χ2v) is 6.54. The molecule has 0 bridgehead atoms. The van der Waals surface area contributed by atoms with Crippen LogP contribution in [0.3, 0.4) is 0 Å². The molecule has 0 N–H and O–H groups in total. The molecule has 1 atom stereocenters. The van der Waals surface area contributed by atoms with Gasteiger partial charge in [0.15, 0.2) is 5.12 Å². The molecular weight excluding hydrogens is 286 g/mol. The standard InChI is InChI=1S/C15H17N3O2S/c1-11(19)21-10-12-6-15(20)18(7-12)9-13-8-17-5-3-2-4-14(17)16-13/h2-5,8,12H,6-7,9-10H2,1H3. The van der Waals surface area contributed by atoms with Crippen molar-refractivity contribution in [3.8, 4) is 0 Å². The summed E-state index contributed by atoms with van der Waals surface area (Å²) in [6.45, 7) is 2.82. The number of aromatic nitrogens is 2. The SMILES string of the molecule is CC(=O)SCC1CC(=O)N(Cc2cn3ccccc3n2)C1. The molecule has 0 aliphatic carbocycles. The van der Waals surface area contributed by atoms with Crippen molar-refractivity contribution in [3.63, 3.8) is 0 Å². The summed E-state index contributed by atoms with van der Waals surface area (Å²) in [6.07, 6.45) is 4.44. The molecule has 1 saturated heterocycles. The van der Waals surface area contributed by atoms with Crippen molar-refractivity contribution in [3.05, 3.63) is 36.3 Å². The van der Waals surface area contributed by atoms with Crippen LogP contribution in [0, 0.1) is 5.92 Å². The second kappa shape index (κ2) is 5.89. The van der Waals surface area contributed by atoms with Crippen LogP contribution in [-0.4, -0.2) is 37.6 Å². The van der Waals surface area contributed by atoms with E-state index in [0.717, 1.165) is 17.1 Å². The molecule has 5 nitrogen and oxygen atoms in total. The van der Waals surface area contributed by atoms with Crippen molar-refractivity contribution in [1.82, 2.24) is 14.3 Å². The van der Waals surface area contributed by atoms with Crippen LogP contribution in [-0.2, 0) is 16.1 Å². The summed E-state index contributed by atoms with van der Waals surface area (Å²) >= 11 is 1.31. The molecule has 1 amide bonds. The van der Waals surface area contributed by atoms with E-state index in [0.29, 0.717) is 19.5 Å². The lowest BCUT2D eigenvalue weighted by molar-refractivity contribution is -0.128. The Balaban J connectivity index is 1.64. The molecule has 3 heterocycles. The Hall–Kier alpha value is -1.82. The quantitative estimate of drug-likeness (QED) is 0.866. The highest BCUT2D eigenvalue weighted by molar-refractivity contribution is 8.13. The van der Waals surface area contributed by atoms with E-state index < -0.39 is 0 Å². The molecule has 1 unspecified atom stereocenters. The lowest BCUT2D eigenvalue weighted by Crippen LogP contribution is -2.25. The molecule has 0 spiro atoms. The van der Waals surface area contributed by atoms with Gasteiger partial charge in [-0.1, -0.05) is 17.8 Å². The fraction of sp³-hybridized carbons (Fsp3) is 0.400. The van der Waals surface area contributed by atoms with Crippen molar-refractivity contribution in [2.75, 3.05) is 12.3 Å². The minimum absolute atomic E-state index is 0.112.